The summed E-state index contributed by atoms with van der Waals surface area (Å²) in [5.74, 6) is -2.73. The van der Waals surface area contributed by atoms with Crippen molar-refractivity contribution < 1.29 is 90.1 Å². The number of nitrogens with one attached hydrogen (secondary N) is 1. The average Bonchev–Trinajstić information content (AvgIpc) is 4.17. The van der Waals surface area contributed by atoms with Crippen LogP contribution in [0.4, 0.5) is 66.3 Å². The molecule has 6 unspecified atom stereocenters. The van der Waals surface area contributed by atoms with E-state index in [2.05, 4.69) is 5.32 Å². The molecule has 0 spiro atoms. The summed E-state index contributed by atoms with van der Waals surface area (Å²) >= 11 is 0. The number of ether oxygens (including phenoxy) is 3. The number of benzene rings is 5. The fourth-order valence-electron chi connectivity index (χ4n) is 11.5. The third kappa shape index (κ3) is 14.3. The first kappa shape index (κ1) is 61.3. The lowest BCUT2D eigenvalue weighted by molar-refractivity contribution is -0.145. The maximum Gasteiger partial charge on any atom is 0.416 e. The van der Waals surface area contributed by atoms with E-state index in [1.54, 1.807) is 43.0 Å². The molecule has 0 saturated carbocycles. The number of hydrogen-bond donors (Lipinski definition) is 2. The zero-order valence-corrected chi connectivity index (χ0v) is 44.3. The summed E-state index contributed by atoms with van der Waals surface area (Å²) < 4.78 is 206. The van der Waals surface area contributed by atoms with Crippen LogP contribution in [-0.4, -0.2) is 76.2 Å². The van der Waals surface area contributed by atoms with Gasteiger partial charge in [-0.2, -0.15) is 52.7 Å². The van der Waals surface area contributed by atoms with Crippen LogP contribution in [0.2, 0.25) is 0 Å². The van der Waals surface area contributed by atoms with E-state index in [1.165, 1.54) is 67.3 Å². The number of nitrogens with zero attached hydrogens (tertiary/aromatic N) is 2. The van der Waals surface area contributed by atoms with Crippen LogP contribution >= 0.6 is 0 Å². The van der Waals surface area contributed by atoms with Gasteiger partial charge in [0, 0.05) is 55.4 Å². The van der Waals surface area contributed by atoms with Gasteiger partial charge in [0.1, 0.15) is 18.2 Å². The SMILES string of the molecule is C[C@@H](OC1CN2C(=O)CC(C)(N)CC2[C@@H]1c1ccc(F)cc1)c1cc(C(F)(F)F)cc(C(F)(F)F)c1.C[C@@H](OC1CN2C(=O)CC(C)(NC(=O)OCc3ccccc3)CC2[C@@H]1c1ccc(F)cc1)c1cc(C(F)(F)F)cc(C(F)(F)F)c1. The highest BCUT2D eigenvalue weighted by Crippen LogP contribution is 2.48. The van der Waals surface area contributed by atoms with Gasteiger partial charge in [-0.1, -0.05) is 54.6 Å². The van der Waals surface area contributed by atoms with Gasteiger partial charge in [0.25, 0.3) is 0 Å². The Bertz CT molecular complexity index is 3040. The van der Waals surface area contributed by atoms with Crippen molar-refractivity contribution in [2.24, 2.45) is 5.73 Å². The topological polar surface area (TPSA) is 123 Å². The molecule has 0 aromatic heterocycles. The van der Waals surface area contributed by atoms with Crippen molar-refractivity contribution in [1.29, 1.82) is 0 Å². The van der Waals surface area contributed by atoms with E-state index in [1.807, 2.05) is 6.07 Å². The molecule has 3 amide bonds. The zero-order chi connectivity index (χ0) is 60.1. The molecule has 0 bridgehead atoms. The van der Waals surface area contributed by atoms with Crippen LogP contribution in [0.5, 0.6) is 0 Å². The lowest BCUT2D eigenvalue weighted by Crippen LogP contribution is -2.58. The number of alkyl halides is 12. The second-order valence-corrected chi connectivity index (χ2v) is 21.9. The zero-order valence-electron chi connectivity index (χ0n) is 44.3. The fourth-order valence-corrected chi connectivity index (χ4v) is 11.5. The van der Waals surface area contributed by atoms with E-state index in [0.29, 0.717) is 41.8 Å². The number of piperidine rings is 2. The summed E-state index contributed by atoms with van der Waals surface area (Å²) in [5, 5.41) is 2.79. The van der Waals surface area contributed by atoms with Gasteiger partial charge in [-0.3, -0.25) is 9.59 Å². The third-order valence-electron chi connectivity index (χ3n) is 15.3. The minimum Gasteiger partial charge on any atom is -0.445 e. The molecule has 4 saturated heterocycles. The van der Waals surface area contributed by atoms with Crippen molar-refractivity contribution >= 4 is 17.9 Å². The maximum absolute atomic E-state index is 13.9. The van der Waals surface area contributed by atoms with E-state index in [-0.39, 0.29) is 74.0 Å². The van der Waals surface area contributed by atoms with E-state index >= 15 is 0 Å². The average molecular weight is 1170 g/mol. The molecule has 4 fully saturated rings. The van der Waals surface area contributed by atoms with Gasteiger partial charge in [-0.25, -0.2) is 13.6 Å². The van der Waals surface area contributed by atoms with E-state index in [0.717, 1.165) is 5.56 Å². The van der Waals surface area contributed by atoms with Crippen LogP contribution in [0, 0.1) is 11.6 Å². The Labute approximate surface area is 461 Å². The quantitative estimate of drug-likeness (QED) is 0.126. The monoisotopic (exact) mass is 1170 g/mol. The molecule has 4 aliphatic heterocycles. The van der Waals surface area contributed by atoms with E-state index < -0.39 is 124 Å². The predicted octanol–water partition coefficient (Wildman–Crippen LogP) is 13.6. The van der Waals surface area contributed by atoms with E-state index in [9.17, 15) is 75.8 Å². The Balaban J connectivity index is 0.000000221. The number of nitrogens with two attached hydrogens (primary N) is 1. The van der Waals surface area contributed by atoms with Gasteiger partial charge < -0.3 is 35.1 Å². The van der Waals surface area contributed by atoms with Crippen LogP contribution in [0.25, 0.3) is 0 Å². The molecule has 3 N–H and O–H groups in total. The largest absolute Gasteiger partial charge is 0.445 e. The molecule has 0 radical (unpaired) electrons. The number of amides is 3. The van der Waals surface area contributed by atoms with Gasteiger partial charge in [0.05, 0.1) is 52.2 Å². The van der Waals surface area contributed by atoms with Crippen LogP contribution in [0.1, 0.15) is 127 Å². The number of hydrogen-bond acceptors (Lipinski definition) is 7. The molecule has 10 nitrogen and oxygen atoms in total. The van der Waals surface area contributed by atoms with Gasteiger partial charge in [0.15, 0.2) is 0 Å². The number of alkyl carbamates (subject to hydrolysis) is 1. The lowest BCUT2D eigenvalue weighted by Gasteiger charge is -2.43. The second-order valence-electron chi connectivity index (χ2n) is 21.9. The van der Waals surface area contributed by atoms with E-state index in [4.69, 9.17) is 19.9 Å². The number of rotatable bonds is 11. The first-order chi connectivity index (χ1) is 38.1. The van der Waals surface area contributed by atoms with Gasteiger partial charge in [-0.15, -0.1) is 0 Å². The first-order valence-electron chi connectivity index (χ1n) is 25.8. The minimum absolute atomic E-state index is 0.00382. The summed E-state index contributed by atoms with van der Waals surface area (Å²) in [6, 6.07) is 21.5. The molecule has 4 heterocycles. The summed E-state index contributed by atoms with van der Waals surface area (Å²) in [5.41, 5.74) is -0.0923. The highest BCUT2D eigenvalue weighted by Gasteiger charge is 2.54. The summed E-state index contributed by atoms with van der Waals surface area (Å²) in [6.07, 6.45) is -24.2. The molecule has 5 aromatic carbocycles. The molecular weight excluding hydrogens is 1110 g/mol. The maximum atomic E-state index is 13.9. The number of fused-ring (bicyclic) bond motifs is 2. The van der Waals surface area contributed by atoms with Gasteiger partial charge >= 0.3 is 30.8 Å². The molecule has 10 atom stereocenters. The molecule has 9 rings (SSSR count). The highest BCUT2D eigenvalue weighted by molar-refractivity contribution is 5.81. The van der Waals surface area contributed by atoms with Crippen LogP contribution in [-0.2, 0) is 55.1 Å². The first-order valence-corrected chi connectivity index (χ1v) is 25.8. The normalized spacial score (nSPS) is 25.6. The molecular formula is C58H56F14N4O6. The standard InChI is InChI=1S/C33H31F7N2O4.C25H25F7N2O2/c1-19(22-12-23(32(35,36)37)14-24(13-22)33(38,39)40)46-27-17-42-26(29(27)21-8-10-25(34)11-9-21)15-31(2,16-28(42)43)41-30(44)45-18-20-6-4-3-5-7-20;1-13(15-7-16(24(27,28)29)9-17(8-15)25(30,31)32)36-20-12-34-19(10-23(2,33)11-21(34)35)22(20)14-3-5-18(26)6-4-14/h3-14,19,26-27,29H,15-18H2,1-2H3,(H,41,44);3-9,13,19-20,22H,10-12,33H2,1-2H3/t19-,26?,27?,29+,31?;13-,19?,20?,22+,23?/m11/s1. The fraction of sp³-hybridized carbons (Fsp3) is 0.431. The van der Waals surface area contributed by atoms with Gasteiger partial charge in [0.2, 0.25) is 11.8 Å². The van der Waals surface area contributed by atoms with Crippen LogP contribution in [0.3, 0.4) is 0 Å². The summed E-state index contributed by atoms with van der Waals surface area (Å²) in [6.45, 7) is 6.19. The molecule has 82 heavy (non-hydrogen) atoms. The second kappa shape index (κ2) is 23.1. The predicted molar refractivity (Wildman–Crippen MR) is 268 cm³/mol. The van der Waals surface area contributed by atoms with Crippen LogP contribution in [0.15, 0.2) is 115 Å². The van der Waals surface area contributed by atoms with Crippen molar-refractivity contribution in [3.05, 3.63) is 177 Å². The number of carbonyl (C=O) groups excluding carboxylic acids is 3. The Morgan fingerprint density at radius 2 is 0.963 bits per heavy atom. The van der Waals surface area contributed by atoms with Crippen molar-refractivity contribution in [3.8, 4) is 0 Å². The van der Waals surface area contributed by atoms with Crippen molar-refractivity contribution in [3.63, 3.8) is 0 Å². The smallest absolute Gasteiger partial charge is 0.416 e. The van der Waals surface area contributed by atoms with Crippen LogP contribution < -0.4 is 11.1 Å². The number of halogens is 14. The number of carbonyl (C=O) groups is 3. The molecule has 0 aliphatic carbocycles. The molecule has 4 aliphatic rings. The van der Waals surface area contributed by atoms with Crippen molar-refractivity contribution in [2.45, 2.75) is 144 Å². The summed E-state index contributed by atoms with van der Waals surface area (Å²) in [4.78, 5) is 42.2. The van der Waals surface area contributed by atoms with Crippen molar-refractivity contribution in [1.82, 2.24) is 15.1 Å². The Morgan fingerprint density at radius 1 is 0.585 bits per heavy atom. The molecule has 5 aromatic rings. The Kier molecular flexibility index (Phi) is 17.3. The third-order valence-corrected chi connectivity index (χ3v) is 15.3. The Hall–Kier alpha value is -6.79. The van der Waals surface area contributed by atoms with Gasteiger partial charge in [-0.05, 0) is 129 Å². The summed E-state index contributed by atoms with van der Waals surface area (Å²) in [7, 11) is 0. The highest BCUT2D eigenvalue weighted by atomic mass is 19.4. The Morgan fingerprint density at radius 3 is 1.35 bits per heavy atom. The molecule has 24 heteroatoms. The van der Waals surface area contributed by atoms with Crippen molar-refractivity contribution in [2.75, 3.05) is 13.1 Å². The minimum atomic E-state index is -5.04. The lowest BCUT2D eigenvalue weighted by atomic mass is 9.78. The molecule has 442 valence electrons.